The van der Waals surface area contributed by atoms with E-state index in [0.717, 1.165) is 12.8 Å². The number of piperazine rings is 1. The van der Waals surface area contributed by atoms with Crippen LogP contribution >= 0.6 is 11.3 Å². The van der Waals surface area contributed by atoms with E-state index in [0.29, 0.717) is 13.0 Å². The van der Waals surface area contributed by atoms with Crippen molar-refractivity contribution in [2.24, 2.45) is 0 Å². The lowest BCUT2D eigenvalue weighted by molar-refractivity contribution is -0.149. The van der Waals surface area contributed by atoms with Crippen LogP contribution in [-0.2, 0) is 22.6 Å². The molecule has 2 heterocycles. The van der Waals surface area contributed by atoms with Gasteiger partial charge in [-0.25, -0.2) is 0 Å². The van der Waals surface area contributed by atoms with E-state index in [1.54, 1.807) is 23.2 Å². The molecule has 1 fully saturated rings. The van der Waals surface area contributed by atoms with Crippen LogP contribution in [0.25, 0.3) is 0 Å². The molecular weight excluding hydrogens is 272 g/mol. The number of nitrogens with one attached hydrogen (secondary N) is 1. The van der Waals surface area contributed by atoms with Crippen molar-refractivity contribution in [1.82, 2.24) is 10.2 Å². The smallest absolute Gasteiger partial charge is 0.246 e. The average molecular weight is 294 g/mol. The van der Waals surface area contributed by atoms with Crippen molar-refractivity contribution < 1.29 is 9.59 Å². The van der Waals surface area contributed by atoms with Gasteiger partial charge in [0.05, 0.1) is 6.54 Å². The van der Waals surface area contributed by atoms with Gasteiger partial charge in [-0.2, -0.15) is 0 Å². The van der Waals surface area contributed by atoms with Crippen LogP contribution in [0.3, 0.4) is 0 Å². The van der Waals surface area contributed by atoms with Gasteiger partial charge in [0.2, 0.25) is 11.8 Å². The van der Waals surface area contributed by atoms with E-state index in [1.165, 1.54) is 10.4 Å². The predicted octanol–water partition coefficient (Wildman–Crippen LogP) is 2.33. The van der Waals surface area contributed by atoms with Gasteiger partial charge < -0.3 is 10.2 Å². The second-order valence-corrected chi connectivity index (χ2v) is 6.22. The highest BCUT2D eigenvalue weighted by Crippen LogP contribution is 2.23. The van der Waals surface area contributed by atoms with Crippen molar-refractivity contribution in [3.63, 3.8) is 0 Å². The van der Waals surface area contributed by atoms with Crippen molar-refractivity contribution in [3.05, 3.63) is 21.9 Å². The van der Waals surface area contributed by atoms with Gasteiger partial charge in [0.15, 0.2) is 0 Å². The minimum Gasteiger partial charge on any atom is -0.343 e. The summed E-state index contributed by atoms with van der Waals surface area (Å²) in [5.74, 6) is 0.00653. The van der Waals surface area contributed by atoms with Gasteiger partial charge in [-0.1, -0.05) is 20.3 Å². The average Bonchev–Trinajstić information content (AvgIpc) is 2.88. The molecule has 2 atom stereocenters. The van der Waals surface area contributed by atoms with Crippen LogP contribution in [0, 0.1) is 0 Å². The number of carbonyl (C=O) groups excluding carboxylic acids is 2. The Labute approximate surface area is 124 Å². The molecule has 0 aromatic carbocycles. The van der Waals surface area contributed by atoms with Crippen LogP contribution < -0.4 is 5.32 Å². The fraction of sp³-hybridized carbons (Fsp3) is 0.600. The molecule has 0 aliphatic carbocycles. The molecule has 2 unspecified atom stereocenters. The van der Waals surface area contributed by atoms with Gasteiger partial charge in [-0.3, -0.25) is 9.59 Å². The summed E-state index contributed by atoms with van der Waals surface area (Å²) in [5, 5.41) is 4.88. The monoisotopic (exact) mass is 294 g/mol. The number of amides is 2. The van der Waals surface area contributed by atoms with E-state index in [4.69, 9.17) is 0 Å². The van der Waals surface area contributed by atoms with Crippen LogP contribution in [0.5, 0.6) is 0 Å². The van der Waals surface area contributed by atoms with Gasteiger partial charge in [-0.05, 0) is 36.8 Å². The summed E-state index contributed by atoms with van der Waals surface area (Å²) in [7, 11) is 0. The minimum atomic E-state index is -0.387. The van der Waals surface area contributed by atoms with Crippen molar-refractivity contribution in [2.45, 2.75) is 58.7 Å². The quantitative estimate of drug-likeness (QED) is 0.906. The number of carbonyl (C=O) groups is 2. The Kier molecular flexibility index (Phi) is 4.81. The third kappa shape index (κ3) is 2.87. The molecule has 1 saturated heterocycles. The summed E-state index contributed by atoms with van der Waals surface area (Å²) >= 11 is 1.66. The van der Waals surface area contributed by atoms with Crippen molar-refractivity contribution >= 4 is 23.2 Å². The zero-order valence-electron chi connectivity index (χ0n) is 12.3. The van der Waals surface area contributed by atoms with Gasteiger partial charge in [0, 0.05) is 4.88 Å². The lowest BCUT2D eigenvalue weighted by Gasteiger charge is -2.37. The second-order valence-electron chi connectivity index (χ2n) is 5.21. The SMILES string of the molecule is CCCC1NC(=O)C(C)N(Cc2sccc2CC)C1=O. The van der Waals surface area contributed by atoms with Crippen LogP contribution in [-0.4, -0.2) is 28.8 Å². The fourth-order valence-electron chi connectivity index (χ4n) is 2.56. The molecular formula is C15H22N2O2S. The first kappa shape index (κ1) is 15.0. The molecule has 110 valence electrons. The van der Waals surface area contributed by atoms with Crippen molar-refractivity contribution in [1.29, 1.82) is 0 Å². The summed E-state index contributed by atoms with van der Waals surface area (Å²) in [6, 6.07) is 1.36. The fourth-order valence-corrected chi connectivity index (χ4v) is 3.54. The Morgan fingerprint density at radius 2 is 2.10 bits per heavy atom. The molecule has 1 aliphatic heterocycles. The maximum atomic E-state index is 12.5. The number of nitrogens with zero attached hydrogens (tertiary/aromatic N) is 1. The Balaban J connectivity index is 2.18. The molecule has 20 heavy (non-hydrogen) atoms. The molecule has 1 aromatic rings. The van der Waals surface area contributed by atoms with Gasteiger partial charge in [-0.15, -0.1) is 11.3 Å². The topological polar surface area (TPSA) is 49.4 Å². The highest BCUT2D eigenvalue weighted by molar-refractivity contribution is 7.10. The first-order valence-electron chi connectivity index (χ1n) is 7.24. The minimum absolute atomic E-state index is 0.0438. The highest BCUT2D eigenvalue weighted by atomic mass is 32.1. The third-order valence-electron chi connectivity index (χ3n) is 3.85. The first-order valence-corrected chi connectivity index (χ1v) is 8.12. The molecule has 2 rings (SSSR count). The van der Waals surface area contributed by atoms with Gasteiger partial charge in [0.1, 0.15) is 12.1 Å². The molecule has 0 bridgehead atoms. The zero-order valence-corrected chi connectivity index (χ0v) is 13.1. The van der Waals surface area contributed by atoms with E-state index in [-0.39, 0.29) is 23.9 Å². The van der Waals surface area contributed by atoms with E-state index in [1.807, 2.05) is 6.92 Å². The Morgan fingerprint density at radius 3 is 2.75 bits per heavy atom. The molecule has 4 nitrogen and oxygen atoms in total. The zero-order chi connectivity index (χ0) is 14.7. The molecule has 1 aliphatic rings. The van der Waals surface area contributed by atoms with E-state index < -0.39 is 0 Å². The van der Waals surface area contributed by atoms with Crippen LogP contribution in [0.1, 0.15) is 44.1 Å². The maximum Gasteiger partial charge on any atom is 0.246 e. The molecule has 0 spiro atoms. The van der Waals surface area contributed by atoms with Crippen LogP contribution in [0.2, 0.25) is 0 Å². The molecule has 0 radical (unpaired) electrons. The highest BCUT2D eigenvalue weighted by Gasteiger charge is 2.37. The normalized spacial score (nSPS) is 23.1. The van der Waals surface area contributed by atoms with E-state index >= 15 is 0 Å². The Morgan fingerprint density at radius 1 is 1.35 bits per heavy atom. The summed E-state index contributed by atoms with van der Waals surface area (Å²) in [4.78, 5) is 27.4. The second kappa shape index (κ2) is 6.39. The summed E-state index contributed by atoms with van der Waals surface area (Å²) < 4.78 is 0. The molecule has 2 amide bonds. The first-order chi connectivity index (χ1) is 9.58. The Bertz CT molecular complexity index is 498. The largest absolute Gasteiger partial charge is 0.343 e. The molecule has 0 saturated carbocycles. The maximum absolute atomic E-state index is 12.5. The third-order valence-corrected chi connectivity index (χ3v) is 4.80. The number of hydrogen-bond acceptors (Lipinski definition) is 3. The summed E-state index contributed by atoms with van der Waals surface area (Å²) in [6.45, 7) is 6.49. The van der Waals surface area contributed by atoms with Crippen molar-refractivity contribution in [3.8, 4) is 0 Å². The number of aryl methyl sites for hydroxylation is 1. The number of thiophene rings is 1. The van der Waals surface area contributed by atoms with Crippen molar-refractivity contribution in [2.75, 3.05) is 0 Å². The predicted molar refractivity (Wildman–Crippen MR) is 80.5 cm³/mol. The molecule has 1 aromatic heterocycles. The standard InChI is InChI=1S/C15H22N2O2S/c1-4-6-12-15(19)17(10(3)14(18)16-12)9-13-11(5-2)7-8-20-13/h7-8,10,12H,4-6,9H2,1-3H3,(H,16,18). The Hall–Kier alpha value is -1.36. The van der Waals surface area contributed by atoms with Gasteiger partial charge in [0.25, 0.3) is 0 Å². The molecule has 5 heteroatoms. The van der Waals surface area contributed by atoms with E-state index in [2.05, 4.69) is 23.7 Å². The number of rotatable bonds is 5. The summed E-state index contributed by atoms with van der Waals surface area (Å²) in [6.07, 6.45) is 2.55. The molecule has 1 N–H and O–H groups in total. The van der Waals surface area contributed by atoms with E-state index in [9.17, 15) is 9.59 Å². The summed E-state index contributed by atoms with van der Waals surface area (Å²) in [5.41, 5.74) is 1.27. The van der Waals surface area contributed by atoms with Crippen LogP contribution in [0.15, 0.2) is 11.4 Å². The lowest BCUT2D eigenvalue weighted by atomic mass is 10.0. The van der Waals surface area contributed by atoms with Gasteiger partial charge >= 0.3 is 0 Å². The lowest BCUT2D eigenvalue weighted by Crippen LogP contribution is -2.61. The number of hydrogen-bond donors (Lipinski definition) is 1. The van der Waals surface area contributed by atoms with Crippen LogP contribution in [0.4, 0.5) is 0 Å².